The first-order valence-corrected chi connectivity index (χ1v) is 6.92. The van der Waals surface area contributed by atoms with Crippen LogP contribution >= 0.6 is 0 Å². The average molecular weight is 282 g/mol. The molecule has 1 aliphatic rings. The average Bonchev–Trinajstić information content (AvgIpc) is 2.83. The molecular weight excluding hydrogens is 265 g/mol. The predicted octanol–water partition coefficient (Wildman–Crippen LogP) is 3.73. The van der Waals surface area contributed by atoms with Crippen LogP contribution in [-0.4, -0.2) is 18.1 Å². The summed E-state index contributed by atoms with van der Waals surface area (Å²) in [4.78, 5) is 2.43. The largest absolute Gasteiger partial charge is 0.431 e. The van der Waals surface area contributed by atoms with E-state index in [2.05, 4.69) is 10.3 Å². The minimum atomic E-state index is -4.31. The number of piperidine rings is 1. The molecule has 1 saturated heterocycles. The van der Waals surface area contributed by atoms with Gasteiger partial charge in [-0.3, -0.25) is 0 Å². The molecule has 2 aromatic rings. The van der Waals surface area contributed by atoms with Crippen molar-refractivity contribution in [1.29, 1.82) is 0 Å². The molecule has 108 valence electrons. The Morgan fingerprint density at radius 2 is 2.05 bits per heavy atom. The number of aromatic nitrogens is 1. The Hall–Kier alpha value is -1.49. The number of benzene rings is 1. The number of fused-ring (bicyclic) bond motifs is 1. The van der Waals surface area contributed by atoms with Gasteiger partial charge in [-0.2, -0.15) is 13.2 Å². The van der Waals surface area contributed by atoms with Gasteiger partial charge < -0.3 is 10.3 Å². The van der Waals surface area contributed by atoms with Gasteiger partial charge in [-0.25, -0.2) is 0 Å². The van der Waals surface area contributed by atoms with Gasteiger partial charge >= 0.3 is 6.18 Å². The summed E-state index contributed by atoms with van der Waals surface area (Å²) < 4.78 is 38.0. The SMILES string of the molecule is FC(F)(F)c1cc2cc(CC3CCCNC3)ccc2[nH]1. The maximum atomic E-state index is 12.7. The summed E-state index contributed by atoms with van der Waals surface area (Å²) in [6, 6.07) is 6.73. The van der Waals surface area contributed by atoms with Crippen LogP contribution in [0.25, 0.3) is 10.9 Å². The summed E-state index contributed by atoms with van der Waals surface area (Å²) in [6.45, 7) is 2.07. The van der Waals surface area contributed by atoms with Crippen LogP contribution in [-0.2, 0) is 12.6 Å². The Morgan fingerprint density at radius 1 is 1.20 bits per heavy atom. The zero-order valence-electron chi connectivity index (χ0n) is 11.1. The second-order valence-electron chi connectivity index (χ2n) is 5.52. The van der Waals surface area contributed by atoms with E-state index in [1.807, 2.05) is 12.1 Å². The van der Waals surface area contributed by atoms with E-state index in [1.54, 1.807) is 6.07 Å². The molecule has 2 heterocycles. The first kappa shape index (κ1) is 13.5. The van der Waals surface area contributed by atoms with Gasteiger partial charge in [-0.1, -0.05) is 6.07 Å². The molecule has 20 heavy (non-hydrogen) atoms. The Balaban J connectivity index is 1.82. The Bertz CT molecular complexity index is 595. The van der Waals surface area contributed by atoms with Gasteiger partial charge in [0, 0.05) is 10.9 Å². The lowest BCUT2D eigenvalue weighted by atomic mass is 9.92. The van der Waals surface area contributed by atoms with Crippen molar-refractivity contribution >= 4 is 10.9 Å². The number of H-pyrrole nitrogens is 1. The molecule has 0 radical (unpaired) electrons. The van der Waals surface area contributed by atoms with E-state index in [9.17, 15) is 13.2 Å². The van der Waals surface area contributed by atoms with Crippen LogP contribution in [0.15, 0.2) is 24.3 Å². The summed E-state index contributed by atoms with van der Waals surface area (Å²) in [5.74, 6) is 0.585. The molecule has 2 N–H and O–H groups in total. The summed E-state index contributed by atoms with van der Waals surface area (Å²) in [6.07, 6.45) is -1.02. The molecule has 1 fully saturated rings. The van der Waals surface area contributed by atoms with E-state index in [4.69, 9.17) is 0 Å². The molecule has 1 aliphatic heterocycles. The van der Waals surface area contributed by atoms with Crippen molar-refractivity contribution in [2.75, 3.05) is 13.1 Å². The Labute approximate surface area is 115 Å². The fourth-order valence-electron chi connectivity index (χ4n) is 2.89. The Morgan fingerprint density at radius 3 is 2.75 bits per heavy atom. The van der Waals surface area contributed by atoms with Crippen LogP contribution in [0, 0.1) is 5.92 Å². The highest BCUT2D eigenvalue weighted by molar-refractivity contribution is 5.81. The summed E-state index contributed by atoms with van der Waals surface area (Å²) in [5, 5.41) is 4.00. The van der Waals surface area contributed by atoms with Crippen molar-refractivity contribution < 1.29 is 13.2 Å². The van der Waals surface area contributed by atoms with Crippen molar-refractivity contribution in [1.82, 2.24) is 10.3 Å². The normalized spacial score (nSPS) is 20.4. The monoisotopic (exact) mass is 282 g/mol. The maximum absolute atomic E-state index is 12.7. The second kappa shape index (κ2) is 5.13. The molecule has 1 unspecified atom stereocenters. The molecule has 3 rings (SSSR count). The fraction of sp³-hybridized carbons (Fsp3) is 0.467. The minimum absolute atomic E-state index is 0.544. The van der Waals surface area contributed by atoms with Gasteiger partial charge in [0.05, 0.1) is 0 Å². The van der Waals surface area contributed by atoms with Gasteiger partial charge in [-0.05, 0) is 62.0 Å². The highest BCUT2D eigenvalue weighted by atomic mass is 19.4. The molecule has 1 aromatic carbocycles. The van der Waals surface area contributed by atoms with Crippen LogP contribution < -0.4 is 5.32 Å². The zero-order valence-corrected chi connectivity index (χ0v) is 11.1. The minimum Gasteiger partial charge on any atom is -0.351 e. The first-order valence-electron chi connectivity index (χ1n) is 6.92. The lowest BCUT2D eigenvalue weighted by Crippen LogP contribution is -2.30. The Kier molecular flexibility index (Phi) is 3.46. The van der Waals surface area contributed by atoms with Crippen molar-refractivity contribution in [2.45, 2.75) is 25.4 Å². The van der Waals surface area contributed by atoms with Gasteiger partial charge in [0.25, 0.3) is 0 Å². The molecule has 0 spiro atoms. The van der Waals surface area contributed by atoms with Crippen LogP contribution in [0.5, 0.6) is 0 Å². The van der Waals surface area contributed by atoms with E-state index in [0.29, 0.717) is 16.8 Å². The predicted molar refractivity (Wildman–Crippen MR) is 72.6 cm³/mol. The molecule has 2 nitrogen and oxygen atoms in total. The van der Waals surface area contributed by atoms with E-state index in [1.165, 1.54) is 18.9 Å². The highest BCUT2D eigenvalue weighted by Crippen LogP contribution is 2.31. The molecular formula is C15H17F3N2. The number of alkyl halides is 3. The van der Waals surface area contributed by atoms with Gasteiger partial charge in [0.15, 0.2) is 0 Å². The molecule has 1 aromatic heterocycles. The molecule has 0 bridgehead atoms. The van der Waals surface area contributed by atoms with Crippen molar-refractivity contribution in [3.63, 3.8) is 0 Å². The number of rotatable bonds is 2. The van der Waals surface area contributed by atoms with Crippen molar-refractivity contribution in [3.8, 4) is 0 Å². The van der Waals surface area contributed by atoms with E-state index in [0.717, 1.165) is 25.1 Å². The maximum Gasteiger partial charge on any atom is 0.431 e. The lowest BCUT2D eigenvalue weighted by molar-refractivity contribution is -0.140. The first-order chi connectivity index (χ1) is 9.52. The van der Waals surface area contributed by atoms with Crippen LogP contribution in [0.4, 0.5) is 13.2 Å². The third-order valence-corrected chi connectivity index (χ3v) is 3.91. The molecule has 0 amide bonds. The molecule has 1 atom stereocenters. The number of aromatic amines is 1. The van der Waals surface area contributed by atoms with Crippen LogP contribution in [0.3, 0.4) is 0 Å². The van der Waals surface area contributed by atoms with E-state index in [-0.39, 0.29) is 0 Å². The smallest absolute Gasteiger partial charge is 0.351 e. The summed E-state index contributed by atoms with van der Waals surface area (Å²) in [5.41, 5.74) is 0.978. The third kappa shape index (κ3) is 2.82. The van der Waals surface area contributed by atoms with E-state index >= 15 is 0 Å². The van der Waals surface area contributed by atoms with Crippen molar-refractivity contribution in [2.24, 2.45) is 5.92 Å². The quantitative estimate of drug-likeness (QED) is 0.863. The standard InChI is InChI=1S/C15H17F3N2/c16-15(17,18)14-8-12-7-10(3-4-13(12)20-14)6-11-2-1-5-19-9-11/h3-4,7-8,11,19-20H,1-2,5-6,9H2. The molecule has 5 heteroatoms. The number of nitrogens with one attached hydrogen (secondary N) is 2. The fourth-order valence-corrected chi connectivity index (χ4v) is 2.89. The number of hydrogen-bond donors (Lipinski definition) is 2. The molecule has 0 saturated carbocycles. The second-order valence-corrected chi connectivity index (χ2v) is 5.52. The molecule has 0 aliphatic carbocycles. The number of hydrogen-bond acceptors (Lipinski definition) is 1. The van der Waals surface area contributed by atoms with Gasteiger partial charge in [0.1, 0.15) is 5.69 Å². The third-order valence-electron chi connectivity index (χ3n) is 3.91. The topological polar surface area (TPSA) is 27.8 Å². The van der Waals surface area contributed by atoms with Crippen molar-refractivity contribution in [3.05, 3.63) is 35.5 Å². The zero-order chi connectivity index (χ0) is 14.2. The summed E-state index contributed by atoms with van der Waals surface area (Å²) >= 11 is 0. The van der Waals surface area contributed by atoms with Gasteiger partial charge in [-0.15, -0.1) is 0 Å². The lowest BCUT2D eigenvalue weighted by Gasteiger charge is -2.22. The summed E-state index contributed by atoms with van der Waals surface area (Å²) in [7, 11) is 0. The number of halogens is 3. The highest BCUT2D eigenvalue weighted by Gasteiger charge is 2.32. The van der Waals surface area contributed by atoms with Crippen LogP contribution in [0.2, 0.25) is 0 Å². The van der Waals surface area contributed by atoms with Gasteiger partial charge in [0.2, 0.25) is 0 Å². The van der Waals surface area contributed by atoms with E-state index < -0.39 is 11.9 Å². The van der Waals surface area contributed by atoms with Crippen LogP contribution in [0.1, 0.15) is 24.1 Å².